The molecule has 3 rings (SSSR count). The first-order valence-corrected chi connectivity index (χ1v) is 10.0. The largest absolute Gasteiger partial charge is 0.573 e. The number of tetrazole rings is 1. The Balaban J connectivity index is 1.76. The fourth-order valence-corrected chi connectivity index (χ4v) is 4.49. The Morgan fingerprint density at radius 1 is 1.19 bits per heavy atom. The van der Waals surface area contributed by atoms with E-state index >= 15 is 0 Å². The third kappa shape index (κ3) is 5.26. The second kappa shape index (κ2) is 8.46. The second-order valence-corrected chi connectivity index (χ2v) is 8.23. The number of ether oxygens (including phenoxy) is 1. The van der Waals surface area contributed by atoms with Gasteiger partial charge in [-0.15, -0.1) is 18.3 Å². The van der Waals surface area contributed by atoms with E-state index in [0.29, 0.717) is 4.31 Å². The van der Waals surface area contributed by atoms with Crippen LogP contribution in [0.5, 0.6) is 5.75 Å². The molecule has 1 N–H and O–H groups in total. The summed E-state index contributed by atoms with van der Waals surface area (Å²) in [7, 11) is -4.38. The first kappa shape index (κ1) is 22.4. The van der Waals surface area contributed by atoms with Gasteiger partial charge in [0.2, 0.25) is 15.9 Å². The van der Waals surface area contributed by atoms with Gasteiger partial charge >= 0.3 is 12.3 Å². The van der Waals surface area contributed by atoms with Crippen molar-refractivity contribution in [2.75, 3.05) is 19.6 Å². The molecule has 1 saturated heterocycles. The SMILES string of the molecule is O=C(O)[C@H]1CN(C(=O)Cn2cnnn2)CCN1S(=O)(=O)c1ccc(OC(F)(F)F)cc1. The van der Waals surface area contributed by atoms with Crippen molar-refractivity contribution in [3.05, 3.63) is 30.6 Å². The Hall–Kier alpha value is -3.27. The van der Waals surface area contributed by atoms with E-state index in [2.05, 4.69) is 20.3 Å². The summed E-state index contributed by atoms with van der Waals surface area (Å²) in [5, 5.41) is 19.8. The van der Waals surface area contributed by atoms with E-state index in [-0.39, 0.29) is 19.6 Å². The third-order valence-electron chi connectivity index (χ3n) is 4.32. The fraction of sp³-hybridized carbons (Fsp3) is 0.400. The summed E-state index contributed by atoms with van der Waals surface area (Å²) in [5.74, 6) is -2.62. The van der Waals surface area contributed by atoms with Gasteiger partial charge in [-0.2, -0.15) is 4.31 Å². The van der Waals surface area contributed by atoms with Crippen LogP contribution in [0.25, 0.3) is 0 Å². The highest BCUT2D eigenvalue weighted by Gasteiger charge is 2.41. The molecule has 0 spiro atoms. The summed E-state index contributed by atoms with van der Waals surface area (Å²) in [6.45, 7) is -1.11. The number of carboxylic acid groups (broad SMARTS) is 1. The predicted molar refractivity (Wildman–Crippen MR) is 92.8 cm³/mol. The van der Waals surface area contributed by atoms with Crippen LogP contribution in [0.4, 0.5) is 13.2 Å². The Kier molecular flexibility index (Phi) is 6.12. The lowest BCUT2D eigenvalue weighted by molar-refractivity contribution is -0.274. The van der Waals surface area contributed by atoms with Crippen molar-refractivity contribution in [3.63, 3.8) is 0 Å². The standard InChI is InChI=1S/C15H15F3N6O6S/c16-15(17,18)30-10-1-3-11(4-2-10)31(28,29)24-6-5-22(7-12(24)14(26)27)13(25)8-23-9-19-20-21-23/h1-4,9,12H,5-8H2,(H,26,27)/t12-/m1/s1. The average Bonchev–Trinajstić information content (AvgIpc) is 3.19. The number of halogens is 3. The number of piperazine rings is 1. The van der Waals surface area contributed by atoms with E-state index in [1.807, 2.05) is 0 Å². The minimum absolute atomic E-state index is 0.0980. The molecule has 0 bridgehead atoms. The van der Waals surface area contributed by atoms with Crippen LogP contribution in [0.3, 0.4) is 0 Å². The molecule has 1 aromatic heterocycles. The number of aromatic nitrogens is 4. The van der Waals surface area contributed by atoms with E-state index in [1.165, 1.54) is 11.2 Å². The summed E-state index contributed by atoms with van der Waals surface area (Å²) in [6, 6.07) is 1.78. The number of amides is 1. The monoisotopic (exact) mass is 464 g/mol. The van der Waals surface area contributed by atoms with Gasteiger partial charge < -0.3 is 14.7 Å². The minimum Gasteiger partial charge on any atom is -0.480 e. The lowest BCUT2D eigenvalue weighted by Gasteiger charge is -2.38. The molecule has 168 valence electrons. The molecule has 0 aliphatic carbocycles. The lowest BCUT2D eigenvalue weighted by atomic mass is 10.2. The first-order chi connectivity index (χ1) is 14.5. The topological polar surface area (TPSA) is 148 Å². The van der Waals surface area contributed by atoms with Crippen LogP contribution in [0.1, 0.15) is 0 Å². The van der Waals surface area contributed by atoms with Gasteiger partial charge in [0.15, 0.2) is 0 Å². The molecule has 1 atom stereocenters. The van der Waals surface area contributed by atoms with Crippen LogP contribution in [-0.4, -0.2) is 86.9 Å². The van der Waals surface area contributed by atoms with Crippen molar-refractivity contribution in [1.29, 1.82) is 0 Å². The van der Waals surface area contributed by atoms with Gasteiger partial charge in [-0.05, 0) is 34.7 Å². The number of carboxylic acids is 1. The molecule has 2 aromatic rings. The number of hydrogen-bond donors (Lipinski definition) is 1. The molecule has 2 heterocycles. The zero-order valence-electron chi connectivity index (χ0n) is 15.5. The molecule has 0 saturated carbocycles. The number of carbonyl (C=O) groups excluding carboxylic acids is 1. The van der Waals surface area contributed by atoms with Crippen molar-refractivity contribution in [3.8, 4) is 5.75 Å². The summed E-state index contributed by atoms with van der Waals surface area (Å²) in [4.78, 5) is 24.8. The number of rotatable bonds is 6. The van der Waals surface area contributed by atoms with Gasteiger partial charge in [-0.25, -0.2) is 13.1 Å². The highest BCUT2D eigenvalue weighted by Crippen LogP contribution is 2.27. The van der Waals surface area contributed by atoms with Crippen molar-refractivity contribution in [2.24, 2.45) is 0 Å². The molecule has 16 heteroatoms. The lowest BCUT2D eigenvalue weighted by Crippen LogP contribution is -2.59. The molecule has 1 aliphatic heterocycles. The summed E-state index contributed by atoms with van der Waals surface area (Å²) in [5.41, 5.74) is 0. The smallest absolute Gasteiger partial charge is 0.480 e. The Morgan fingerprint density at radius 3 is 2.42 bits per heavy atom. The highest BCUT2D eigenvalue weighted by atomic mass is 32.2. The molecule has 1 amide bonds. The maximum absolute atomic E-state index is 12.9. The molecule has 1 aliphatic rings. The van der Waals surface area contributed by atoms with E-state index in [9.17, 15) is 36.3 Å². The molecule has 1 fully saturated rings. The van der Waals surface area contributed by atoms with Crippen LogP contribution in [-0.2, 0) is 26.2 Å². The summed E-state index contributed by atoms with van der Waals surface area (Å²) in [6.07, 6.45) is -3.75. The Bertz CT molecular complexity index is 1040. The number of carbonyl (C=O) groups is 2. The first-order valence-electron chi connectivity index (χ1n) is 8.56. The van der Waals surface area contributed by atoms with Gasteiger partial charge in [0, 0.05) is 19.6 Å². The summed E-state index contributed by atoms with van der Waals surface area (Å²) >= 11 is 0. The number of benzene rings is 1. The van der Waals surface area contributed by atoms with E-state index in [0.717, 1.165) is 28.9 Å². The van der Waals surface area contributed by atoms with E-state index in [4.69, 9.17) is 0 Å². The van der Waals surface area contributed by atoms with Crippen molar-refractivity contribution >= 4 is 21.9 Å². The minimum atomic E-state index is -4.94. The van der Waals surface area contributed by atoms with Gasteiger partial charge in [0.25, 0.3) is 0 Å². The number of hydrogen-bond acceptors (Lipinski definition) is 8. The maximum Gasteiger partial charge on any atom is 0.573 e. The molecule has 0 unspecified atom stereocenters. The molecular weight excluding hydrogens is 449 g/mol. The molecule has 12 nitrogen and oxygen atoms in total. The van der Waals surface area contributed by atoms with Gasteiger partial charge in [0.1, 0.15) is 24.7 Å². The van der Waals surface area contributed by atoms with Crippen LogP contribution >= 0.6 is 0 Å². The predicted octanol–water partition coefficient (Wildman–Crippen LogP) is -0.442. The quantitative estimate of drug-likeness (QED) is 0.601. The number of aliphatic carboxylic acids is 1. The fourth-order valence-electron chi connectivity index (χ4n) is 2.92. The average molecular weight is 464 g/mol. The van der Waals surface area contributed by atoms with Crippen molar-refractivity contribution < 1.29 is 41.0 Å². The van der Waals surface area contributed by atoms with Crippen LogP contribution in [0.15, 0.2) is 35.5 Å². The van der Waals surface area contributed by atoms with Crippen LogP contribution in [0, 0.1) is 0 Å². The molecular formula is C15H15F3N6O6S. The van der Waals surface area contributed by atoms with Crippen LogP contribution in [0.2, 0.25) is 0 Å². The van der Waals surface area contributed by atoms with Crippen molar-refractivity contribution in [2.45, 2.75) is 23.8 Å². The van der Waals surface area contributed by atoms with E-state index in [1.54, 1.807) is 0 Å². The van der Waals surface area contributed by atoms with Gasteiger partial charge in [-0.3, -0.25) is 9.59 Å². The van der Waals surface area contributed by atoms with Gasteiger partial charge in [0.05, 0.1) is 4.90 Å². The van der Waals surface area contributed by atoms with Crippen LogP contribution < -0.4 is 4.74 Å². The third-order valence-corrected chi connectivity index (χ3v) is 6.24. The van der Waals surface area contributed by atoms with Crippen molar-refractivity contribution in [1.82, 2.24) is 29.4 Å². The summed E-state index contributed by atoms with van der Waals surface area (Å²) < 4.78 is 68.1. The molecule has 0 radical (unpaired) electrons. The zero-order chi connectivity index (χ0) is 22.8. The highest BCUT2D eigenvalue weighted by molar-refractivity contribution is 7.89. The Labute approximate surface area is 172 Å². The second-order valence-electron chi connectivity index (χ2n) is 6.34. The normalized spacial score (nSPS) is 18.0. The molecule has 1 aromatic carbocycles. The zero-order valence-corrected chi connectivity index (χ0v) is 16.3. The number of nitrogens with zero attached hydrogens (tertiary/aromatic N) is 6. The Morgan fingerprint density at radius 2 is 1.87 bits per heavy atom. The van der Waals surface area contributed by atoms with Gasteiger partial charge in [-0.1, -0.05) is 0 Å². The molecule has 31 heavy (non-hydrogen) atoms. The maximum atomic E-state index is 12.9. The number of sulfonamides is 1. The number of alkyl halides is 3. The van der Waals surface area contributed by atoms with E-state index < -0.39 is 51.5 Å².